The van der Waals surface area contributed by atoms with Crippen molar-refractivity contribution in [3.63, 3.8) is 0 Å². The van der Waals surface area contributed by atoms with Crippen LogP contribution in [0.1, 0.15) is 30.9 Å². The quantitative estimate of drug-likeness (QED) is 0.802. The highest BCUT2D eigenvalue weighted by Crippen LogP contribution is 2.27. The van der Waals surface area contributed by atoms with Crippen molar-refractivity contribution in [1.29, 1.82) is 0 Å². The van der Waals surface area contributed by atoms with Crippen LogP contribution < -0.4 is 5.32 Å². The van der Waals surface area contributed by atoms with Gasteiger partial charge in [0.15, 0.2) is 0 Å². The molecule has 0 heterocycles. The molecule has 0 saturated heterocycles. The van der Waals surface area contributed by atoms with Gasteiger partial charge >= 0.3 is 0 Å². The summed E-state index contributed by atoms with van der Waals surface area (Å²) >= 11 is 5.90. The van der Waals surface area contributed by atoms with Crippen molar-refractivity contribution in [3.8, 4) is 0 Å². The Morgan fingerprint density at radius 2 is 2.06 bits per heavy atom. The molecule has 1 unspecified atom stereocenters. The summed E-state index contributed by atoms with van der Waals surface area (Å²) in [5, 5.41) is 3.01. The summed E-state index contributed by atoms with van der Waals surface area (Å²) in [4.78, 5) is 11.8. The number of alkyl halides is 1. The minimum absolute atomic E-state index is 0.0593. The largest absolute Gasteiger partial charge is 0.348 e. The van der Waals surface area contributed by atoms with Gasteiger partial charge in [-0.05, 0) is 18.4 Å². The lowest BCUT2D eigenvalue weighted by Crippen LogP contribution is -2.37. The number of halogens is 1. The van der Waals surface area contributed by atoms with E-state index in [0.717, 1.165) is 18.4 Å². The van der Waals surface area contributed by atoms with Gasteiger partial charge in [-0.3, -0.25) is 4.79 Å². The van der Waals surface area contributed by atoms with Gasteiger partial charge in [-0.15, -0.1) is 11.6 Å². The molecule has 1 aromatic rings. The maximum absolute atomic E-state index is 11.8. The zero-order valence-corrected chi connectivity index (χ0v) is 9.91. The molecule has 3 heteroatoms. The molecule has 0 aromatic heterocycles. The molecule has 1 aliphatic rings. The summed E-state index contributed by atoms with van der Waals surface area (Å²) in [5.41, 5.74) is 1.07. The zero-order chi connectivity index (χ0) is 11.4. The van der Waals surface area contributed by atoms with E-state index in [1.54, 1.807) is 0 Å². The van der Waals surface area contributed by atoms with Crippen LogP contribution in [0.5, 0.6) is 0 Å². The van der Waals surface area contributed by atoms with Crippen molar-refractivity contribution in [2.45, 2.75) is 25.3 Å². The second-order valence-corrected chi connectivity index (χ2v) is 4.56. The van der Waals surface area contributed by atoms with Crippen molar-refractivity contribution in [2.24, 2.45) is 5.92 Å². The first kappa shape index (κ1) is 11.5. The molecule has 2 rings (SSSR count). The highest BCUT2D eigenvalue weighted by atomic mass is 35.5. The van der Waals surface area contributed by atoms with Crippen molar-refractivity contribution in [2.75, 3.05) is 5.88 Å². The zero-order valence-electron chi connectivity index (χ0n) is 9.16. The normalized spacial score (nSPS) is 17.6. The predicted octanol–water partition coefficient (Wildman–Crippen LogP) is 2.88. The Labute approximate surface area is 101 Å². The van der Waals surface area contributed by atoms with E-state index in [1.165, 1.54) is 6.42 Å². The van der Waals surface area contributed by atoms with E-state index in [-0.39, 0.29) is 17.9 Å². The standard InChI is InChI=1S/C13H16ClNO/c14-9-12(10-5-2-1-3-6-10)15-13(16)11-7-4-8-11/h1-3,5-6,11-12H,4,7-9H2,(H,15,16). The summed E-state index contributed by atoms with van der Waals surface area (Å²) < 4.78 is 0. The molecule has 1 aliphatic carbocycles. The van der Waals surface area contributed by atoms with Crippen LogP contribution >= 0.6 is 11.6 Å². The van der Waals surface area contributed by atoms with Crippen molar-refractivity contribution in [3.05, 3.63) is 35.9 Å². The molecule has 0 spiro atoms. The lowest BCUT2D eigenvalue weighted by molar-refractivity contribution is -0.128. The second kappa shape index (κ2) is 5.35. The molecule has 1 aromatic carbocycles. The van der Waals surface area contributed by atoms with Crippen LogP contribution in [0.15, 0.2) is 30.3 Å². The van der Waals surface area contributed by atoms with Crippen molar-refractivity contribution < 1.29 is 4.79 Å². The predicted molar refractivity (Wildman–Crippen MR) is 65.4 cm³/mol. The Bertz CT molecular complexity index is 348. The van der Waals surface area contributed by atoms with Gasteiger partial charge in [-0.25, -0.2) is 0 Å². The van der Waals surface area contributed by atoms with E-state index in [9.17, 15) is 4.79 Å². The minimum Gasteiger partial charge on any atom is -0.348 e. The second-order valence-electron chi connectivity index (χ2n) is 4.25. The van der Waals surface area contributed by atoms with E-state index >= 15 is 0 Å². The molecule has 16 heavy (non-hydrogen) atoms. The van der Waals surface area contributed by atoms with Gasteiger partial charge in [0.1, 0.15) is 0 Å². The monoisotopic (exact) mass is 237 g/mol. The Morgan fingerprint density at radius 1 is 1.38 bits per heavy atom. The smallest absolute Gasteiger partial charge is 0.223 e. The third-order valence-electron chi connectivity index (χ3n) is 3.15. The summed E-state index contributed by atoms with van der Waals surface area (Å²) in [7, 11) is 0. The first-order valence-corrected chi connectivity index (χ1v) is 6.26. The number of nitrogens with one attached hydrogen (secondary N) is 1. The summed E-state index contributed by atoms with van der Waals surface area (Å²) in [6.07, 6.45) is 3.22. The van der Waals surface area contributed by atoms with E-state index < -0.39 is 0 Å². The number of rotatable bonds is 4. The fourth-order valence-electron chi connectivity index (χ4n) is 1.86. The van der Waals surface area contributed by atoms with Crippen LogP contribution in [0.4, 0.5) is 0 Å². The first-order valence-electron chi connectivity index (χ1n) is 5.72. The molecule has 0 bridgehead atoms. The Kier molecular flexibility index (Phi) is 3.83. The highest BCUT2D eigenvalue weighted by molar-refractivity contribution is 6.18. The van der Waals surface area contributed by atoms with Crippen LogP contribution in [0.25, 0.3) is 0 Å². The lowest BCUT2D eigenvalue weighted by Gasteiger charge is -2.26. The average molecular weight is 238 g/mol. The summed E-state index contributed by atoms with van der Waals surface area (Å²) in [6.45, 7) is 0. The van der Waals surface area contributed by atoms with Gasteiger partial charge < -0.3 is 5.32 Å². The summed E-state index contributed by atoms with van der Waals surface area (Å²) in [5.74, 6) is 0.790. The maximum atomic E-state index is 11.8. The fraction of sp³-hybridized carbons (Fsp3) is 0.462. The maximum Gasteiger partial charge on any atom is 0.223 e. The molecule has 2 nitrogen and oxygen atoms in total. The molecule has 1 amide bonds. The third-order valence-corrected chi connectivity index (χ3v) is 3.46. The van der Waals surface area contributed by atoms with Gasteiger partial charge in [0.25, 0.3) is 0 Å². The number of carbonyl (C=O) groups is 1. The molecule has 0 aliphatic heterocycles. The van der Waals surface area contributed by atoms with Crippen LogP contribution in [0.3, 0.4) is 0 Å². The SMILES string of the molecule is O=C(NC(CCl)c1ccccc1)C1CCC1. The topological polar surface area (TPSA) is 29.1 Å². The van der Waals surface area contributed by atoms with Crippen LogP contribution in [-0.2, 0) is 4.79 Å². The van der Waals surface area contributed by atoms with Gasteiger partial charge in [-0.2, -0.15) is 0 Å². The van der Waals surface area contributed by atoms with E-state index in [1.807, 2.05) is 30.3 Å². The Hall–Kier alpha value is -1.02. The molecular formula is C13H16ClNO. The lowest BCUT2D eigenvalue weighted by atomic mass is 9.84. The van der Waals surface area contributed by atoms with Gasteiger partial charge in [0, 0.05) is 11.8 Å². The number of amides is 1. The van der Waals surface area contributed by atoms with Gasteiger partial charge in [0.05, 0.1) is 6.04 Å². The minimum atomic E-state index is -0.0593. The summed E-state index contributed by atoms with van der Waals surface area (Å²) in [6, 6.07) is 9.82. The molecule has 1 N–H and O–H groups in total. The first-order chi connectivity index (χ1) is 7.81. The molecular weight excluding hydrogens is 222 g/mol. The van der Waals surface area contributed by atoms with Gasteiger partial charge in [-0.1, -0.05) is 36.8 Å². The number of benzene rings is 1. The average Bonchev–Trinajstić information content (AvgIpc) is 2.24. The highest BCUT2D eigenvalue weighted by Gasteiger charge is 2.26. The molecule has 1 saturated carbocycles. The van der Waals surface area contributed by atoms with Gasteiger partial charge in [0.2, 0.25) is 5.91 Å². The number of hydrogen-bond acceptors (Lipinski definition) is 1. The Balaban J connectivity index is 1.97. The number of carbonyl (C=O) groups excluding carboxylic acids is 1. The molecule has 1 fully saturated rings. The fourth-order valence-corrected chi connectivity index (χ4v) is 2.11. The Morgan fingerprint density at radius 3 is 2.56 bits per heavy atom. The molecule has 1 atom stereocenters. The van der Waals surface area contributed by atoms with Crippen molar-refractivity contribution in [1.82, 2.24) is 5.32 Å². The van der Waals surface area contributed by atoms with E-state index in [2.05, 4.69) is 5.32 Å². The molecule has 86 valence electrons. The van der Waals surface area contributed by atoms with Crippen molar-refractivity contribution >= 4 is 17.5 Å². The van der Waals surface area contributed by atoms with Crippen LogP contribution in [-0.4, -0.2) is 11.8 Å². The number of hydrogen-bond donors (Lipinski definition) is 1. The third kappa shape index (κ3) is 2.56. The molecule has 0 radical (unpaired) electrons. The van der Waals surface area contributed by atoms with E-state index in [0.29, 0.717) is 5.88 Å². The van der Waals surface area contributed by atoms with Crippen LogP contribution in [0.2, 0.25) is 0 Å². The van der Waals surface area contributed by atoms with E-state index in [4.69, 9.17) is 11.6 Å². The van der Waals surface area contributed by atoms with Crippen LogP contribution in [0, 0.1) is 5.92 Å².